The Hall–Kier alpha value is -2.19. The van der Waals surface area contributed by atoms with Crippen LogP contribution < -0.4 is 0 Å². The third-order valence-corrected chi connectivity index (χ3v) is 6.30. The topological polar surface area (TPSA) is 67.1 Å². The molecule has 0 radical (unpaired) electrons. The monoisotopic (exact) mass is 416 g/mol. The van der Waals surface area contributed by atoms with Crippen LogP contribution in [-0.4, -0.2) is 63.8 Å². The number of nitrogens with zero attached hydrogens (tertiary/aromatic N) is 4. The lowest BCUT2D eigenvalue weighted by atomic mass is 9.90. The Kier molecular flexibility index (Phi) is 5.02. The number of aromatic nitrogens is 1. The number of ether oxygens (including phenoxy) is 1. The van der Waals surface area contributed by atoms with Crippen LogP contribution in [0.5, 0.6) is 0 Å². The Labute approximate surface area is 174 Å². The van der Waals surface area contributed by atoms with Gasteiger partial charge in [-0.25, -0.2) is 5.01 Å². The van der Waals surface area contributed by atoms with E-state index in [2.05, 4.69) is 25.9 Å². The number of fused-ring (bicyclic) bond motifs is 3. The molecule has 7 nitrogen and oxygen atoms in total. The molecule has 0 N–H and O–H groups in total. The van der Waals surface area contributed by atoms with Gasteiger partial charge in [0.05, 0.1) is 34.7 Å². The van der Waals surface area contributed by atoms with Crippen molar-refractivity contribution in [2.24, 2.45) is 10.5 Å². The lowest BCUT2D eigenvalue weighted by Crippen LogP contribution is -2.51. The van der Waals surface area contributed by atoms with E-state index in [0.717, 1.165) is 15.9 Å². The number of hydrazone groups is 1. The van der Waals surface area contributed by atoms with Gasteiger partial charge in [-0.05, 0) is 31.4 Å². The van der Waals surface area contributed by atoms with Gasteiger partial charge in [0, 0.05) is 18.5 Å². The maximum atomic E-state index is 13.3. The molecule has 29 heavy (non-hydrogen) atoms. The first-order valence-electron chi connectivity index (χ1n) is 10.0. The van der Waals surface area contributed by atoms with Gasteiger partial charge in [0.15, 0.2) is 0 Å². The molecule has 4 rings (SSSR count). The molecule has 2 aromatic heterocycles. The third-order valence-electron chi connectivity index (χ3n) is 5.45. The van der Waals surface area contributed by atoms with Crippen LogP contribution in [0.1, 0.15) is 45.1 Å². The van der Waals surface area contributed by atoms with E-state index in [0.29, 0.717) is 25.3 Å². The molecule has 2 atom stereocenters. The number of carbonyl (C=O) groups is 2. The highest BCUT2D eigenvalue weighted by Gasteiger charge is 2.33. The van der Waals surface area contributed by atoms with E-state index in [-0.39, 0.29) is 36.0 Å². The van der Waals surface area contributed by atoms with E-state index in [1.165, 1.54) is 5.01 Å². The minimum Gasteiger partial charge on any atom is -0.372 e. The van der Waals surface area contributed by atoms with Crippen molar-refractivity contribution in [1.82, 2.24) is 14.5 Å². The summed E-state index contributed by atoms with van der Waals surface area (Å²) in [6.45, 7) is 11.7. The lowest BCUT2D eigenvalue weighted by Gasteiger charge is -2.36. The first-order chi connectivity index (χ1) is 13.6. The Bertz CT molecular complexity index is 974. The van der Waals surface area contributed by atoms with E-state index in [9.17, 15) is 9.59 Å². The predicted molar refractivity (Wildman–Crippen MR) is 114 cm³/mol. The highest BCUT2D eigenvalue weighted by atomic mass is 32.1. The molecule has 0 aromatic carbocycles. The number of morpholine rings is 1. The zero-order chi connectivity index (χ0) is 20.9. The Balaban J connectivity index is 1.67. The first kappa shape index (κ1) is 20.1. The maximum Gasteiger partial charge on any atom is 0.291 e. The maximum absolute atomic E-state index is 13.3. The number of hydrogen-bond donors (Lipinski definition) is 0. The summed E-state index contributed by atoms with van der Waals surface area (Å²) in [6.07, 6.45) is -0.0274. The zero-order valence-corrected chi connectivity index (χ0v) is 18.5. The molecule has 2 unspecified atom stereocenters. The van der Waals surface area contributed by atoms with Crippen molar-refractivity contribution >= 4 is 39.1 Å². The minimum absolute atomic E-state index is 0.0137. The molecule has 2 aromatic rings. The summed E-state index contributed by atoms with van der Waals surface area (Å²) in [5.74, 6) is -0.325. The van der Waals surface area contributed by atoms with Gasteiger partial charge in [0.1, 0.15) is 12.2 Å². The Morgan fingerprint density at radius 3 is 2.62 bits per heavy atom. The van der Waals surface area contributed by atoms with E-state index in [4.69, 9.17) is 4.74 Å². The van der Waals surface area contributed by atoms with Gasteiger partial charge >= 0.3 is 0 Å². The van der Waals surface area contributed by atoms with Crippen LogP contribution in [0.2, 0.25) is 0 Å². The fourth-order valence-corrected chi connectivity index (χ4v) is 4.76. The summed E-state index contributed by atoms with van der Waals surface area (Å²) in [4.78, 5) is 28.1. The molecule has 0 saturated carbocycles. The Morgan fingerprint density at radius 1 is 1.28 bits per heavy atom. The average Bonchev–Trinajstić information content (AvgIpc) is 3.16. The summed E-state index contributed by atoms with van der Waals surface area (Å²) in [6, 6.07) is 3.95. The van der Waals surface area contributed by atoms with E-state index >= 15 is 0 Å². The molecule has 0 bridgehead atoms. The number of carbonyl (C=O) groups excluding carboxylic acids is 2. The molecule has 2 aliphatic heterocycles. The van der Waals surface area contributed by atoms with E-state index < -0.39 is 0 Å². The number of thiophene rings is 1. The SMILES string of the molecule is CC1CN(C(=O)CN2N=C(C(C)(C)C)Cn3c(cc4sccc43)C2=O)CC(C)O1. The van der Waals surface area contributed by atoms with Crippen molar-refractivity contribution < 1.29 is 14.3 Å². The van der Waals surface area contributed by atoms with Crippen LogP contribution in [-0.2, 0) is 16.1 Å². The van der Waals surface area contributed by atoms with Crippen LogP contribution in [0, 0.1) is 5.41 Å². The van der Waals surface area contributed by atoms with Gasteiger partial charge in [-0.15, -0.1) is 11.3 Å². The minimum atomic E-state index is -0.227. The summed E-state index contributed by atoms with van der Waals surface area (Å²) >= 11 is 1.62. The van der Waals surface area contributed by atoms with Crippen molar-refractivity contribution in [3.8, 4) is 0 Å². The largest absolute Gasteiger partial charge is 0.372 e. The van der Waals surface area contributed by atoms with Gasteiger partial charge in [-0.3, -0.25) is 9.59 Å². The standard InChI is InChI=1S/C21H28N4O3S/c1-13-9-23(10-14(2)28-13)19(26)12-25-20(27)16-8-17-15(6-7-29-17)24(16)11-18(22-25)21(3,4)5/h6-8,13-14H,9-12H2,1-5H3. The Morgan fingerprint density at radius 2 is 1.97 bits per heavy atom. The van der Waals surface area contributed by atoms with E-state index in [1.54, 1.807) is 16.2 Å². The van der Waals surface area contributed by atoms with Gasteiger partial charge in [0.25, 0.3) is 5.91 Å². The quantitative estimate of drug-likeness (QED) is 0.755. The van der Waals surface area contributed by atoms with Crippen LogP contribution >= 0.6 is 11.3 Å². The molecular formula is C21H28N4O3S. The fraction of sp³-hybridized carbons (Fsp3) is 0.571. The molecule has 1 saturated heterocycles. The molecule has 0 spiro atoms. The molecule has 2 aliphatic rings. The van der Waals surface area contributed by atoms with Crippen LogP contribution in [0.15, 0.2) is 22.6 Å². The summed E-state index contributed by atoms with van der Waals surface area (Å²) in [7, 11) is 0. The number of hydrogen-bond acceptors (Lipinski definition) is 5. The lowest BCUT2D eigenvalue weighted by molar-refractivity contribution is -0.143. The normalized spacial score (nSPS) is 23.2. The van der Waals surface area contributed by atoms with Crippen molar-refractivity contribution in [2.75, 3.05) is 19.6 Å². The van der Waals surface area contributed by atoms with Crippen molar-refractivity contribution in [1.29, 1.82) is 0 Å². The second-order valence-electron chi connectivity index (χ2n) is 9.00. The van der Waals surface area contributed by atoms with Gasteiger partial charge in [-0.1, -0.05) is 20.8 Å². The first-order valence-corrected chi connectivity index (χ1v) is 10.9. The van der Waals surface area contributed by atoms with Crippen LogP contribution in [0.3, 0.4) is 0 Å². The highest BCUT2D eigenvalue weighted by Crippen LogP contribution is 2.30. The average molecular weight is 417 g/mol. The predicted octanol–water partition coefficient (Wildman–Crippen LogP) is 3.20. The van der Waals surface area contributed by atoms with Gasteiger partial charge in [0.2, 0.25) is 5.91 Å². The molecule has 8 heteroatoms. The van der Waals surface area contributed by atoms with Crippen LogP contribution in [0.4, 0.5) is 0 Å². The number of amides is 2. The second kappa shape index (κ2) is 7.25. The molecule has 4 heterocycles. The molecule has 156 valence electrons. The molecule has 0 aliphatic carbocycles. The van der Waals surface area contributed by atoms with Crippen molar-refractivity contribution in [3.63, 3.8) is 0 Å². The molecular weight excluding hydrogens is 388 g/mol. The second-order valence-corrected chi connectivity index (χ2v) is 9.95. The third kappa shape index (κ3) is 3.83. The van der Waals surface area contributed by atoms with Crippen molar-refractivity contribution in [3.05, 3.63) is 23.2 Å². The van der Waals surface area contributed by atoms with Crippen molar-refractivity contribution in [2.45, 2.75) is 53.4 Å². The van der Waals surface area contributed by atoms with E-state index in [1.807, 2.05) is 35.9 Å². The fourth-order valence-electron chi connectivity index (χ4n) is 3.93. The van der Waals surface area contributed by atoms with Crippen LogP contribution in [0.25, 0.3) is 10.2 Å². The molecule has 1 fully saturated rings. The zero-order valence-electron chi connectivity index (χ0n) is 17.6. The summed E-state index contributed by atoms with van der Waals surface area (Å²) in [5.41, 5.74) is 2.29. The summed E-state index contributed by atoms with van der Waals surface area (Å²) < 4.78 is 8.83. The highest BCUT2D eigenvalue weighted by molar-refractivity contribution is 7.17. The molecule has 2 amide bonds. The smallest absolute Gasteiger partial charge is 0.291 e. The number of rotatable bonds is 2. The summed E-state index contributed by atoms with van der Waals surface area (Å²) in [5, 5.41) is 8.07. The van der Waals surface area contributed by atoms with Gasteiger partial charge in [-0.2, -0.15) is 5.10 Å². The van der Waals surface area contributed by atoms with Gasteiger partial charge < -0.3 is 14.2 Å².